The molecule has 35 heavy (non-hydrogen) atoms. The zero-order valence-electron chi connectivity index (χ0n) is 20.2. The second-order valence-electron chi connectivity index (χ2n) is 9.29. The largest absolute Gasteiger partial charge is 0.508 e. The fourth-order valence-corrected chi connectivity index (χ4v) is 5.35. The SMILES string of the molecule is CNCCCN1C[C@H](C(=O)c2cccc(O)c2)[C@H](c2cccc(F)c2C)[C@@H](c2[c]cccc2O)C1. The number of phenols is 2. The number of halogens is 1. The Balaban J connectivity index is 1.85. The van der Waals surface area contributed by atoms with Crippen molar-refractivity contribution in [2.75, 3.05) is 33.2 Å². The minimum atomic E-state index is -0.501. The smallest absolute Gasteiger partial charge is 0.167 e. The average Bonchev–Trinajstić information content (AvgIpc) is 2.85. The van der Waals surface area contributed by atoms with Crippen LogP contribution in [0.15, 0.2) is 60.7 Å². The number of piperidine rings is 1. The lowest BCUT2D eigenvalue weighted by Gasteiger charge is -2.44. The Kier molecular flexibility index (Phi) is 7.83. The zero-order chi connectivity index (χ0) is 24.9. The first-order valence-electron chi connectivity index (χ1n) is 12.1. The molecule has 0 aliphatic carbocycles. The second kappa shape index (κ2) is 11.0. The number of rotatable bonds is 8. The minimum absolute atomic E-state index is 0.0293. The van der Waals surface area contributed by atoms with Gasteiger partial charge in [0.1, 0.15) is 17.3 Å². The van der Waals surface area contributed by atoms with E-state index in [4.69, 9.17) is 0 Å². The zero-order valence-corrected chi connectivity index (χ0v) is 20.2. The van der Waals surface area contributed by atoms with Crippen molar-refractivity contribution in [2.45, 2.75) is 25.2 Å². The summed E-state index contributed by atoms with van der Waals surface area (Å²) in [6.07, 6.45) is 0.907. The van der Waals surface area contributed by atoms with E-state index >= 15 is 0 Å². The lowest BCUT2D eigenvalue weighted by atomic mass is 9.67. The van der Waals surface area contributed by atoms with Crippen molar-refractivity contribution >= 4 is 5.78 Å². The van der Waals surface area contributed by atoms with Gasteiger partial charge in [-0.15, -0.1) is 0 Å². The molecule has 4 rings (SSSR count). The molecule has 5 nitrogen and oxygen atoms in total. The summed E-state index contributed by atoms with van der Waals surface area (Å²) in [4.78, 5) is 16.2. The van der Waals surface area contributed by atoms with E-state index in [0.29, 0.717) is 29.8 Å². The number of hydrogen-bond donors (Lipinski definition) is 3. The van der Waals surface area contributed by atoms with E-state index in [0.717, 1.165) is 25.1 Å². The molecule has 1 aliphatic heterocycles. The lowest BCUT2D eigenvalue weighted by Crippen LogP contribution is -2.47. The number of benzene rings is 3. The molecule has 3 aromatic rings. The Labute approximate surface area is 206 Å². The Hall–Kier alpha value is -3.22. The summed E-state index contributed by atoms with van der Waals surface area (Å²) >= 11 is 0. The summed E-state index contributed by atoms with van der Waals surface area (Å²) in [7, 11) is 1.91. The summed E-state index contributed by atoms with van der Waals surface area (Å²) in [5.74, 6) is -1.41. The quantitative estimate of drug-likeness (QED) is 0.327. The number of carbonyl (C=O) groups is 1. The van der Waals surface area contributed by atoms with Crippen molar-refractivity contribution in [3.8, 4) is 11.5 Å². The Bertz CT molecular complexity index is 1180. The summed E-state index contributed by atoms with van der Waals surface area (Å²) in [5, 5.41) is 24.0. The predicted molar refractivity (Wildman–Crippen MR) is 134 cm³/mol. The van der Waals surface area contributed by atoms with Crippen molar-refractivity contribution < 1.29 is 19.4 Å². The monoisotopic (exact) mass is 475 g/mol. The van der Waals surface area contributed by atoms with Crippen molar-refractivity contribution in [1.82, 2.24) is 10.2 Å². The van der Waals surface area contributed by atoms with Gasteiger partial charge >= 0.3 is 0 Å². The predicted octanol–water partition coefficient (Wildman–Crippen LogP) is 4.64. The summed E-state index contributed by atoms with van der Waals surface area (Å²) in [6.45, 7) is 4.49. The fourth-order valence-electron chi connectivity index (χ4n) is 5.35. The van der Waals surface area contributed by atoms with E-state index in [9.17, 15) is 19.4 Å². The van der Waals surface area contributed by atoms with Crippen molar-refractivity contribution in [2.24, 2.45) is 5.92 Å². The van der Waals surface area contributed by atoms with Gasteiger partial charge in [0.2, 0.25) is 0 Å². The molecular formula is C29H32FN2O3. The van der Waals surface area contributed by atoms with E-state index in [1.54, 1.807) is 43.3 Å². The van der Waals surface area contributed by atoms with Gasteiger partial charge in [-0.1, -0.05) is 36.4 Å². The van der Waals surface area contributed by atoms with Gasteiger partial charge in [-0.3, -0.25) is 4.79 Å². The molecule has 1 fully saturated rings. The molecule has 3 aromatic carbocycles. The number of Topliss-reactive ketones (excluding diaryl/α,β-unsaturated/α-hetero) is 1. The van der Waals surface area contributed by atoms with Crippen LogP contribution in [0.2, 0.25) is 0 Å². The minimum Gasteiger partial charge on any atom is -0.508 e. The van der Waals surface area contributed by atoms with Crippen LogP contribution in [0.4, 0.5) is 4.39 Å². The van der Waals surface area contributed by atoms with Crippen LogP contribution in [0, 0.1) is 24.7 Å². The Morgan fingerprint density at radius 3 is 2.69 bits per heavy atom. The maximum Gasteiger partial charge on any atom is 0.167 e. The first-order valence-corrected chi connectivity index (χ1v) is 12.1. The summed E-state index contributed by atoms with van der Waals surface area (Å²) in [5.41, 5.74) is 2.33. The highest BCUT2D eigenvalue weighted by Gasteiger charge is 2.43. The normalized spacial score (nSPS) is 20.6. The second-order valence-corrected chi connectivity index (χ2v) is 9.29. The molecule has 3 N–H and O–H groups in total. The highest BCUT2D eigenvalue weighted by molar-refractivity contribution is 5.99. The number of nitrogens with zero attached hydrogens (tertiary/aromatic N) is 1. The fraction of sp³-hybridized carbons (Fsp3) is 0.345. The van der Waals surface area contributed by atoms with Crippen LogP contribution in [0.3, 0.4) is 0 Å². The molecule has 1 aliphatic rings. The standard InChI is InChI=1S/C29H32FN2O3/c1-19-22(11-6-12-26(19)30)28-24(23-10-3-4-13-27(23)34)17-32(15-7-14-31-2)18-25(28)29(35)20-8-5-9-21(33)16-20/h3-6,8-9,11-13,16,24-25,28,31,33-34H,7,14-15,17-18H2,1-2H3/t24-,25+,28-/m1/s1. The van der Waals surface area contributed by atoms with Crippen LogP contribution in [0.5, 0.6) is 11.5 Å². The molecule has 0 bridgehead atoms. The molecule has 0 unspecified atom stereocenters. The van der Waals surface area contributed by atoms with Gasteiger partial charge in [-0.05, 0) is 74.9 Å². The number of nitrogens with one attached hydrogen (secondary N) is 1. The number of aromatic hydroxyl groups is 2. The van der Waals surface area contributed by atoms with Gasteiger partial charge in [-0.2, -0.15) is 0 Å². The number of likely N-dealkylation sites (tertiary alicyclic amines) is 1. The van der Waals surface area contributed by atoms with E-state index in [-0.39, 0.29) is 34.9 Å². The topological polar surface area (TPSA) is 72.8 Å². The van der Waals surface area contributed by atoms with Crippen LogP contribution in [-0.2, 0) is 0 Å². The number of hydrogen-bond acceptors (Lipinski definition) is 5. The molecule has 3 atom stereocenters. The molecule has 0 spiro atoms. The third kappa shape index (κ3) is 5.39. The Morgan fingerprint density at radius 2 is 1.94 bits per heavy atom. The number of ketones is 1. The van der Waals surface area contributed by atoms with Crippen LogP contribution in [0.1, 0.15) is 45.3 Å². The van der Waals surface area contributed by atoms with E-state index in [2.05, 4.69) is 16.3 Å². The highest BCUT2D eigenvalue weighted by atomic mass is 19.1. The number of carbonyl (C=O) groups excluding carboxylic acids is 1. The Morgan fingerprint density at radius 1 is 1.14 bits per heavy atom. The maximum absolute atomic E-state index is 14.7. The molecular weight excluding hydrogens is 443 g/mol. The first-order chi connectivity index (χ1) is 16.9. The van der Waals surface area contributed by atoms with Gasteiger partial charge in [0.25, 0.3) is 0 Å². The van der Waals surface area contributed by atoms with Crippen molar-refractivity contribution in [1.29, 1.82) is 0 Å². The maximum atomic E-state index is 14.7. The van der Waals surface area contributed by atoms with Crippen LogP contribution < -0.4 is 5.32 Å². The van der Waals surface area contributed by atoms with Gasteiger partial charge in [-0.25, -0.2) is 4.39 Å². The molecule has 0 amide bonds. The molecule has 6 heteroatoms. The van der Waals surface area contributed by atoms with Gasteiger partial charge in [0.05, 0.1) is 0 Å². The molecule has 183 valence electrons. The van der Waals surface area contributed by atoms with Crippen molar-refractivity contribution in [3.63, 3.8) is 0 Å². The lowest BCUT2D eigenvalue weighted by molar-refractivity contribution is 0.0735. The third-order valence-electron chi connectivity index (χ3n) is 7.05. The van der Waals surface area contributed by atoms with E-state index in [1.807, 2.05) is 13.1 Å². The van der Waals surface area contributed by atoms with Crippen molar-refractivity contribution in [3.05, 3.63) is 94.8 Å². The van der Waals surface area contributed by atoms with Gasteiger partial charge in [0.15, 0.2) is 5.78 Å². The van der Waals surface area contributed by atoms with E-state index in [1.165, 1.54) is 18.2 Å². The third-order valence-corrected chi connectivity index (χ3v) is 7.05. The van der Waals surface area contributed by atoms with E-state index < -0.39 is 5.92 Å². The molecule has 1 saturated heterocycles. The van der Waals surface area contributed by atoms with Gasteiger partial charge < -0.3 is 20.4 Å². The molecule has 1 heterocycles. The molecule has 1 radical (unpaired) electrons. The number of phenolic OH excluding ortho intramolecular Hbond substituents is 2. The molecule has 0 aromatic heterocycles. The first kappa shape index (κ1) is 24.9. The average molecular weight is 476 g/mol. The highest BCUT2D eigenvalue weighted by Crippen LogP contribution is 2.47. The summed E-state index contributed by atoms with van der Waals surface area (Å²) < 4.78 is 14.7. The van der Waals surface area contributed by atoms with Crippen LogP contribution in [-0.4, -0.2) is 54.1 Å². The summed E-state index contributed by atoms with van der Waals surface area (Å²) in [6, 6.07) is 19.7. The van der Waals surface area contributed by atoms with Crippen LogP contribution in [0.25, 0.3) is 0 Å². The van der Waals surface area contributed by atoms with Crippen LogP contribution >= 0.6 is 0 Å². The molecule has 0 saturated carbocycles. The van der Waals surface area contributed by atoms with Gasteiger partial charge in [0, 0.05) is 42.0 Å².